The van der Waals surface area contributed by atoms with E-state index in [1.807, 2.05) is 6.33 Å². The van der Waals surface area contributed by atoms with Gasteiger partial charge in [-0.25, -0.2) is 15.0 Å². The molecular weight excluding hydrogens is 387 g/mol. The summed E-state index contributed by atoms with van der Waals surface area (Å²) in [5.41, 5.74) is 1.81. The normalized spacial score (nSPS) is 11.9. The van der Waals surface area contributed by atoms with Crippen molar-refractivity contribution in [1.82, 2.24) is 19.5 Å². The smallest absolute Gasteiger partial charge is 0.179 e. The summed E-state index contributed by atoms with van der Waals surface area (Å²) in [7, 11) is 0. The van der Waals surface area contributed by atoms with Crippen LogP contribution in [0.2, 0.25) is 5.15 Å². The average Bonchev–Trinajstić information content (AvgIpc) is 2.79. The van der Waals surface area contributed by atoms with Crippen LogP contribution in [0.5, 0.6) is 0 Å². The molecule has 0 saturated carbocycles. The van der Waals surface area contributed by atoms with Crippen LogP contribution in [0, 0.1) is 3.57 Å². The van der Waals surface area contributed by atoms with Crippen LogP contribution in [0.4, 0.5) is 0 Å². The van der Waals surface area contributed by atoms with Crippen molar-refractivity contribution < 1.29 is 0 Å². The first-order chi connectivity index (χ1) is 9.34. The highest BCUT2D eigenvalue weighted by Gasteiger charge is 2.23. The largest absolute Gasteiger partial charge is 0.328 e. The van der Waals surface area contributed by atoms with Crippen LogP contribution in [-0.2, 0) is 12.0 Å². The van der Waals surface area contributed by atoms with Crippen molar-refractivity contribution in [3.8, 4) is 11.5 Å². The first-order valence-corrected chi connectivity index (χ1v) is 8.04. The van der Waals surface area contributed by atoms with Crippen LogP contribution in [0.3, 0.4) is 0 Å². The fourth-order valence-corrected chi connectivity index (χ4v) is 3.18. The molecular formula is C14H18ClIN4. The fraction of sp³-hybridized carbons (Fsp3) is 0.500. The Labute approximate surface area is 138 Å². The average molecular weight is 405 g/mol. The second-order valence-electron chi connectivity index (χ2n) is 5.72. The number of hydrogen-bond donors (Lipinski definition) is 0. The molecule has 0 radical (unpaired) electrons. The lowest BCUT2D eigenvalue weighted by Gasteiger charge is -2.20. The van der Waals surface area contributed by atoms with Crippen molar-refractivity contribution in [2.45, 2.75) is 46.1 Å². The second kappa shape index (κ2) is 5.97. The maximum Gasteiger partial charge on any atom is 0.179 e. The van der Waals surface area contributed by atoms with E-state index in [4.69, 9.17) is 16.6 Å². The van der Waals surface area contributed by atoms with E-state index < -0.39 is 0 Å². The van der Waals surface area contributed by atoms with Gasteiger partial charge in [-0.3, -0.25) is 0 Å². The quantitative estimate of drug-likeness (QED) is 0.566. The number of aryl methyl sites for hydroxylation is 1. The molecule has 6 heteroatoms. The summed E-state index contributed by atoms with van der Waals surface area (Å²) in [4.78, 5) is 13.3. The Hall–Kier alpha value is -0.690. The number of hydrogen-bond acceptors (Lipinski definition) is 3. The highest BCUT2D eigenvalue weighted by atomic mass is 127. The lowest BCUT2D eigenvalue weighted by atomic mass is 9.92. The molecule has 20 heavy (non-hydrogen) atoms. The van der Waals surface area contributed by atoms with Gasteiger partial charge in [0, 0.05) is 12.0 Å². The third-order valence-electron chi connectivity index (χ3n) is 2.93. The summed E-state index contributed by atoms with van der Waals surface area (Å²) >= 11 is 8.49. The van der Waals surface area contributed by atoms with Crippen molar-refractivity contribution in [3.63, 3.8) is 0 Å². The maximum atomic E-state index is 6.28. The van der Waals surface area contributed by atoms with E-state index in [0.29, 0.717) is 11.0 Å². The van der Waals surface area contributed by atoms with Gasteiger partial charge in [0.25, 0.3) is 0 Å². The molecule has 2 aromatic rings. The summed E-state index contributed by atoms with van der Waals surface area (Å²) in [6, 6.07) is 0. The van der Waals surface area contributed by atoms with Crippen molar-refractivity contribution in [1.29, 1.82) is 0 Å². The van der Waals surface area contributed by atoms with Gasteiger partial charge >= 0.3 is 0 Å². The Kier molecular flexibility index (Phi) is 4.69. The van der Waals surface area contributed by atoms with Gasteiger partial charge in [-0.05, 0) is 29.0 Å². The second-order valence-corrected chi connectivity index (χ2v) is 7.16. The molecule has 0 unspecified atom stereocenters. The van der Waals surface area contributed by atoms with Gasteiger partial charge < -0.3 is 4.57 Å². The Morgan fingerprint density at radius 3 is 2.60 bits per heavy atom. The minimum absolute atomic E-state index is 0.0759. The van der Waals surface area contributed by atoms with Crippen molar-refractivity contribution in [2.24, 2.45) is 0 Å². The molecule has 0 amide bonds. The van der Waals surface area contributed by atoms with E-state index in [2.05, 4.69) is 64.8 Å². The van der Waals surface area contributed by atoms with E-state index >= 15 is 0 Å². The molecule has 2 aromatic heterocycles. The first-order valence-electron chi connectivity index (χ1n) is 6.58. The summed E-state index contributed by atoms with van der Waals surface area (Å²) < 4.78 is 2.98. The first kappa shape index (κ1) is 15.7. The van der Waals surface area contributed by atoms with Crippen LogP contribution < -0.4 is 0 Å². The van der Waals surface area contributed by atoms with Crippen LogP contribution in [0.1, 0.15) is 39.8 Å². The maximum absolute atomic E-state index is 6.28. The topological polar surface area (TPSA) is 43.6 Å². The van der Waals surface area contributed by atoms with Gasteiger partial charge in [0.15, 0.2) is 5.82 Å². The number of nitrogens with zero attached hydrogens (tertiary/aromatic N) is 4. The highest BCUT2D eigenvalue weighted by Crippen LogP contribution is 2.31. The van der Waals surface area contributed by atoms with Crippen LogP contribution in [0.15, 0.2) is 12.5 Å². The minimum Gasteiger partial charge on any atom is -0.328 e. The van der Waals surface area contributed by atoms with Gasteiger partial charge in [-0.1, -0.05) is 39.3 Å². The zero-order valence-electron chi connectivity index (χ0n) is 12.1. The third kappa shape index (κ3) is 3.14. The molecule has 0 bridgehead atoms. The van der Waals surface area contributed by atoms with Gasteiger partial charge in [0.2, 0.25) is 0 Å². The summed E-state index contributed by atoms with van der Waals surface area (Å²) in [5, 5.41) is 0.504. The van der Waals surface area contributed by atoms with Crippen molar-refractivity contribution >= 4 is 34.2 Å². The Morgan fingerprint density at radius 2 is 2.00 bits per heavy atom. The summed E-state index contributed by atoms with van der Waals surface area (Å²) in [6.45, 7) is 9.40. The predicted octanol–water partition coefficient (Wildman–Crippen LogP) is 4.31. The molecule has 0 aliphatic heterocycles. The number of rotatable bonds is 3. The Bertz CT molecular complexity index is 616. The molecule has 2 heterocycles. The van der Waals surface area contributed by atoms with Crippen LogP contribution >= 0.6 is 34.2 Å². The summed E-state index contributed by atoms with van der Waals surface area (Å²) in [6.07, 6.45) is 4.64. The minimum atomic E-state index is -0.0759. The molecule has 0 saturated heterocycles. The van der Waals surface area contributed by atoms with E-state index in [0.717, 1.165) is 27.9 Å². The molecule has 108 valence electrons. The zero-order valence-corrected chi connectivity index (χ0v) is 15.0. The molecule has 0 N–H and O–H groups in total. The van der Waals surface area contributed by atoms with E-state index in [-0.39, 0.29) is 5.41 Å². The van der Waals surface area contributed by atoms with Gasteiger partial charge in [-0.2, -0.15) is 0 Å². The molecule has 4 nitrogen and oxygen atoms in total. The lowest BCUT2D eigenvalue weighted by molar-refractivity contribution is 0.563. The number of aromatic nitrogens is 4. The van der Waals surface area contributed by atoms with Crippen molar-refractivity contribution in [3.05, 3.63) is 26.9 Å². The van der Waals surface area contributed by atoms with E-state index in [1.54, 1.807) is 6.20 Å². The van der Waals surface area contributed by atoms with Crippen LogP contribution in [0.25, 0.3) is 11.5 Å². The summed E-state index contributed by atoms with van der Waals surface area (Å²) in [5.74, 6) is 0.645. The zero-order chi connectivity index (χ0) is 14.9. The third-order valence-corrected chi connectivity index (χ3v) is 4.54. The molecule has 0 aromatic carbocycles. The lowest BCUT2D eigenvalue weighted by Crippen LogP contribution is -2.17. The standard InChI is InChI=1S/C14H18ClIN4/c1-5-6-20-8-17-7-9(20)13-18-11(14(2,3)4)10(16)12(15)19-13/h7-8H,5-6H2,1-4H3. The molecule has 0 spiro atoms. The Morgan fingerprint density at radius 1 is 1.30 bits per heavy atom. The van der Waals surface area contributed by atoms with E-state index in [1.165, 1.54) is 0 Å². The highest BCUT2D eigenvalue weighted by molar-refractivity contribution is 14.1. The SMILES string of the molecule is CCCn1cncc1-c1nc(Cl)c(I)c(C(C)(C)C)n1. The van der Waals surface area contributed by atoms with Gasteiger partial charge in [-0.15, -0.1) is 0 Å². The van der Waals surface area contributed by atoms with Gasteiger partial charge in [0.05, 0.1) is 21.8 Å². The number of halogens is 2. The monoisotopic (exact) mass is 404 g/mol. The van der Waals surface area contributed by atoms with E-state index in [9.17, 15) is 0 Å². The predicted molar refractivity (Wildman–Crippen MR) is 90.0 cm³/mol. The van der Waals surface area contributed by atoms with Crippen LogP contribution in [-0.4, -0.2) is 19.5 Å². The van der Waals surface area contributed by atoms with Crippen molar-refractivity contribution in [2.75, 3.05) is 0 Å². The molecule has 0 aliphatic rings. The fourth-order valence-electron chi connectivity index (χ4n) is 1.96. The van der Waals surface area contributed by atoms with Gasteiger partial charge in [0.1, 0.15) is 10.8 Å². The number of imidazole rings is 1. The Balaban J connectivity index is 2.58. The molecule has 2 rings (SSSR count). The molecule has 0 atom stereocenters. The molecule has 0 fully saturated rings. The molecule has 0 aliphatic carbocycles.